The molecule has 60 valence electrons. The first-order valence-corrected chi connectivity index (χ1v) is 4.34. The zero-order valence-corrected chi connectivity index (χ0v) is 7.01. The first kappa shape index (κ1) is 7.36. The summed E-state index contributed by atoms with van der Waals surface area (Å²) >= 11 is 0. The zero-order chi connectivity index (χ0) is 8.39. The van der Waals surface area contributed by atoms with Gasteiger partial charge >= 0.3 is 0 Å². The van der Waals surface area contributed by atoms with Gasteiger partial charge < -0.3 is 0 Å². The summed E-state index contributed by atoms with van der Waals surface area (Å²) in [5.41, 5.74) is 3.71. The molecule has 0 saturated carbocycles. The van der Waals surface area contributed by atoms with E-state index in [0.29, 0.717) is 0 Å². The first-order valence-electron chi connectivity index (χ1n) is 4.34. The molecule has 0 aliphatic heterocycles. The maximum absolute atomic E-state index is 5.38. The number of rotatable bonds is 0. The molecule has 0 N–H and O–H groups in total. The molecule has 0 saturated heterocycles. The fraction of sp³-hybridized carbons (Fsp3) is 0.364. The van der Waals surface area contributed by atoms with E-state index < -0.39 is 0 Å². The van der Waals surface area contributed by atoms with Crippen molar-refractivity contribution in [3.63, 3.8) is 0 Å². The van der Waals surface area contributed by atoms with Crippen LogP contribution in [0.3, 0.4) is 0 Å². The van der Waals surface area contributed by atoms with Gasteiger partial charge in [-0.2, -0.15) is 0 Å². The second-order valence-corrected chi connectivity index (χ2v) is 3.18. The molecule has 0 aromatic carbocycles. The standard InChI is InChI=1S/C11H11N/c1-2-9-7-12-8-10-5-3-4-6-11(9)10/h1,7-8H,3-6H2. The number of terminal acetylenes is 1. The normalized spacial score (nSPS) is 14.9. The van der Waals surface area contributed by atoms with Crippen LogP contribution in [0.15, 0.2) is 12.4 Å². The van der Waals surface area contributed by atoms with E-state index in [-0.39, 0.29) is 0 Å². The minimum atomic E-state index is 0.993. The number of nitrogens with zero attached hydrogens (tertiary/aromatic N) is 1. The summed E-state index contributed by atoms with van der Waals surface area (Å²) in [7, 11) is 0. The molecule has 2 rings (SSSR count). The van der Waals surface area contributed by atoms with Crippen molar-refractivity contribution in [2.75, 3.05) is 0 Å². The summed E-state index contributed by atoms with van der Waals surface area (Å²) in [5.74, 6) is 2.69. The number of aromatic nitrogens is 1. The van der Waals surface area contributed by atoms with Crippen molar-refractivity contribution in [2.45, 2.75) is 25.7 Å². The van der Waals surface area contributed by atoms with Crippen LogP contribution >= 0.6 is 0 Å². The molecule has 0 spiro atoms. The molecule has 0 bridgehead atoms. The van der Waals surface area contributed by atoms with Gasteiger partial charge in [-0.15, -0.1) is 6.42 Å². The molecule has 1 aromatic heterocycles. The summed E-state index contributed by atoms with van der Waals surface area (Å²) in [6.07, 6.45) is 14.0. The Labute approximate surface area is 72.8 Å². The highest BCUT2D eigenvalue weighted by Gasteiger charge is 2.11. The Balaban J connectivity index is 2.53. The Morgan fingerprint density at radius 1 is 1.25 bits per heavy atom. The van der Waals surface area contributed by atoms with E-state index in [4.69, 9.17) is 6.42 Å². The number of aryl methyl sites for hydroxylation is 1. The van der Waals surface area contributed by atoms with Gasteiger partial charge in [0, 0.05) is 18.0 Å². The average molecular weight is 157 g/mol. The molecular formula is C11H11N. The highest BCUT2D eigenvalue weighted by atomic mass is 14.6. The molecular weight excluding hydrogens is 146 g/mol. The molecule has 0 unspecified atom stereocenters. The minimum absolute atomic E-state index is 0.993. The lowest BCUT2D eigenvalue weighted by molar-refractivity contribution is 0.680. The lowest BCUT2D eigenvalue weighted by Gasteiger charge is -2.15. The molecule has 1 aromatic rings. The van der Waals surface area contributed by atoms with Crippen molar-refractivity contribution in [1.29, 1.82) is 0 Å². The van der Waals surface area contributed by atoms with Crippen molar-refractivity contribution in [1.82, 2.24) is 4.98 Å². The number of hydrogen-bond acceptors (Lipinski definition) is 1. The summed E-state index contributed by atoms with van der Waals surface area (Å²) in [4.78, 5) is 4.13. The van der Waals surface area contributed by atoms with Gasteiger partial charge in [0.05, 0.1) is 0 Å². The molecule has 0 radical (unpaired) electrons. The second kappa shape index (κ2) is 2.98. The van der Waals surface area contributed by atoms with Crippen molar-refractivity contribution >= 4 is 0 Å². The van der Waals surface area contributed by atoms with Crippen LogP contribution in [0.1, 0.15) is 29.5 Å². The van der Waals surface area contributed by atoms with Gasteiger partial charge in [0.15, 0.2) is 0 Å². The van der Waals surface area contributed by atoms with Gasteiger partial charge in [-0.25, -0.2) is 0 Å². The van der Waals surface area contributed by atoms with Crippen molar-refractivity contribution in [2.24, 2.45) is 0 Å². The van der Waals surface area contributed by atoms with Gasteiger partial charge in [0.25, 0.3) is 0 Å². The molecule has 12 heavy (non-hydrogen) atoms. The van der Waals surface area contributed by atoms with Crippen LogP contribution in [-0.4, -0.2) is 4.98 Å². The Hall–Kier alpha value is -1.29. The third kappa shape index (κ3) is 1.10. The number of pyridine rings is 1. The Kier molecular flexibility index (Phi) is 1.83. The van der Waals surface area contributed by atoms with E-state index in [2.05, 4.69) is 10.9 Å². The first-order chi connectivity index (χ1) is 5.92. The number of hydrogen-bond donors (Lipinski definition) is 0. The van der Waals surface area contributed by atoms with Crippen molar-refractivity contribution in [3.8, 4) is 12.3 Å². The van der Waals surface area contributed by atoms with Crippen LogP contribution in [0.25, 0.3) is 0 Å². The summed E-state index contributed by atoms with van der Waals surface area (Å²) in [6, 6.07) is 0. The van der Waals surface area contributed by atoms with Gasteiger partial charge in [-0.1, -0.05) is 5.92 Å². The topological polar surface area (TPSA) is 12.9 Å². The van der Waals surface area contributed by atoms with Crippen LogP contribution in [0.5, 0.6) is 0 Å². The van der Waals surface area contributed by atoms with Crippen molar-refractivity contribution < 1.29 is 0 Å². The zero-order valence-electron chi connectivity index (χ0n) is 7.01. The number of fused-ring (bicyclic) bond motifs is 1. The SMILES string of the molecule is C#Cc1cncc2c1CCCC2. The fourth-order valence-electron chi connectivity index (χ4n) is 1.78. The quantitative estimate of drug-likeness (QED) is 0.524. The van der Waals surface area contributed by atoms with Crippen LogP contribution in [0, 0.1) is 12.3 Å². The van der Waals surface area contributed by atoms with E-state index in [1.54, 1.807) is 6.20 Å². The fourth-order valence-corrected chi connectivity index (χ4v) is 1.78. The third-order valence-electron chi connectivity index (χ3n) is 2.43. The minimum Gasteiger partial charge on any atom is -0.263 e. The van der Waals surface area contributed by atoms with Gasteiger partial charge in [-0.05, 0) is 36.8 Å². The maximum Gasteiger partial charge on any atom is 0.0460 e. The second-order valence-electron chi connectivity index (χ2n) is 3.18. The predicted octanol–water partition coefficient (Wildman–Crippen LogP) is 1.94. The van der Waals surface area contributed by atoms with Gasteiger partial charge in [0.2, 0.25) is 0 Å². The molecule has 1 heterocycles. The maximum atomic E-state index is 5.38. The highest BCUT2D eigenvalue weighted by molar-refractivity contribution is 5.43. The molecule has 1 aliphatic carbocycles. The van der Waals surface area contributed by atoms with E-state index in [0.717, 1.165) is 18.4 Å². The summed E-state index contributed by atoms with van der Waals surface area (Å²) in [5, 5.41) is 0. The van der Waals surface area contributed by atoms with Crippen LogP contribution in [-0.2, 0) is 12.8 Å². The summed E-state index contributed by atoms with van der Waals surface area (Å²) < 4.78 is 0. The average Bonchev–Trinajstić information content (AvgIpc) is 2.17. The largest absolute Gasteiger partial charge is 0.263 e. The molecule has 1 heteroatoms. The molecule has 1 aliphatic rings. The third-order valence-corrected chi connectivity index (χ3v) is 2.43. The molecule has 0 amide bonds. The van der Waals surface area contributed by atoms with Crippen molar-refractivity contribution in [3.05, 3.63) is 29.1 Å². The monoisotopic (exact) mass is 157 g/mol. The van der Waals surface area contributed by atoms with Crippen LogP contribution in [0.2, 0.25) is 0 Å². The van der Waals surface area contributed by atoms with E-state index >= 15 is 0 Å². The van der Waals surface area contributed by atoms with E-state index in [1.165, 1.54) is 24.0 Å². The van der Waals surface area contributed by atoms with Gasteiger partial charge in [0.1, 0.15) is 0 Å². The lowest BCUT2D eigenvalue weighted by Crippen LogP contribution is -2.05. The van der Waals surface area contributed by atoms with Crippen LogP contribution in [0.4, 0.5) is 0 Å². The van der Waals surface area contributed by atoms with Crippen LogP contribution < -0.4 is 0 Å². The van der Waals surface area contributed by atoms with Gasteiger partial charge in [-0.3, -0.25) is 4.98 Å². The molecule has 1 nitrogen and oxygen atoms in total. The summed E-state index contributed by atoms with van der Waals surface area (Å²) in [6.45, 7) is 0. The Morgan fingerprint density at radius 2 is 2.08 bits per heavy atom. The van der Waals surface area contributed by atoms with E-state index in [9.17, 15) is 0 Å². The highest BCUT2D eigenvalue weighted by Crippen LogP contribution is 2.22. The molecule has 0 atom stereocenters. The smallest absolute Gasteiger partial charge is 0.0460 e. The van der Waals surface area contributed by atoms with E-state index in [1.807, 2.05) is 6.20 Å². The predicted molar refractivity (Wildman–Crippen MR) is 48.8 cm³/mol. The molecule has 0 fully saturated rings. The Bertz CT molecular complexity index is 333. The lowest BCUT2D eigenvalue weighted by atomic mass is 9.90. The Morgan fingerprint density at radius 3 is 2.92 bits per heavy atom.